The van der Waals surface area contributed by atoms with Gasteiger partial charge in [0.15, 0.2) is 0 Å². The molecule has 0 bridgehead atoms. The molecule has 2 heterocycles. The molecule has 2 aliphatic heterocycles. The van der Waals surface area contributed by atoms with Gasteiger partial charge in [0.2, 0.25) is 11.8 Å². The second kappa shape index (κ2) is 15.0. The van der Waals surface area contributed by atoms with Crippen LogP contribution in [0.1, 0.15) is 43.2 Å². The number of aliphatic imine (C=N–C) groups is 1. The van der Waals surface area contributed by atoms with Crippen molar-refractivity contribution >= 4 is 23.6 Å². The third-order valence-electron chi connectivity index (χ3n) is 7.59. The molecule has 2 aromatic carbocycles. The minimum absolute atomic E-state index is 0.126. The van der Waals surface area contributed by atoms with Gasteiger partial charge in [0.05, 0.1) is 7.11 Å². The Labute approximate surface area is 242 Å². The van der Waals surface area contributed by atoms with Gasteiger partial charge in [-0.05, 0) is 48.1 Å². The highest BCUT2D eigenvalue weighted by Gasteiger charge is 2.27. The first-order valence-electron chi connectivity index (χ1n) is 14.2. The molecule has 1 N–H and O–H groups in total. The normalized spacial score (nSPS) is 16.1. The summed E-state index contributed by atoms with van der Waals surface area (Å²) in [5.41, 5.74) is 1.97. The van der Waals surface area contributed by atoms with E-state index in [2.05, 4.69) is 15.2 Å². The lowest BCUT2D eigenvalue weighted by atomic mass is 9.92. The first-order valence-corrected chi connectivity index (χ1v) is 14.2. The number of piperidine rings is 1. The second-order valence-corrected chi connectivity index (χ2v) is 10.6. The fourth-order valence-corrected chi connectivity index (χ4v) is 5.12. The number of likely N-dealkylation sites (tertiary alicyclic amines) is 1. The van der Waals surface area contributed by atoms with Crippen molar-refractivity contribution in [2.75, 3.05) is 33.8 Å². The molecule has 2 amide bonds. The number of likely N-dealkylation sites (N-methyl/N-ethyl adjacent to an activating group) is 1. The lowest BCUT2D eigenvalue weighted by Gasteiger charge is -2.32. The fourth-order valence-electron chi connectivity index (χ4n) is 5.12. The van der Waals surface area contributed by atoms with Gasteiger partial charge in [0.1, 0.15) is 24.2 Å². The Morgan fingerprint density at radius 1 is 1.02 bits per heavy atom. The molecule has 0 spiro atoms. The number of carbonyl (C=O) groups is 3. The quantitative estimate of drug-likeness (QED) is 0.397. The minimum Gasteiger partial charge on any atom is -0.489 e. The summed E-state index contributed by atoms with van der Waals surface area (Å²) in [5, 5.41) is 2.87. The van der Waals surface area contributed by atoms with Crippen LogP contribution in [-0.4, -0.2) is 73.3 Å². The molecule has 4 rings (SSSR count). The highest BCUT2D eigenvalue weighted by Crippen LogP contribution is 2.22. The topological polar surface area (TPSA) is 101 Å². The zero-order chi connectivity index (χ0) is 29.0. The van der Waals surface area contributed by atoms with Gasteiger partial charge >= 0.3 is 5.97 Å². The average Bonchev–Trinajstić information content (AvgIpc) is 3.00. The lowest BCUT2D eigenvalue weighted by Crippen LogP contribution is -2.44. The monoisotopic (exact) mass is 560 g/mol. The van der Waals surface area contributed by atoms with Gasteiger partial charge in [-0.1, -0.05) is 42.5 Å². The van der Waals surface area contributed by atoms with Crippen LogP contribution in [0.3, 0.4) is 0 Å². The van der Waals surface area contributed by atoms with Gasteiger partial charge < -0.3 is 24.6 Å². The van der Waals surface area contributed by atoms with Crippen LogP contribution in [0.4, 0.5) is 0 Å². The Bertz CT molecular complexity index is 1220. The third-order valence-corrected chi connectivity index (χ3v) is 7.59. The van der Waals surface area contributed by atoms with E-state index in [9.17, 15) is 14.4 Å². The van der Waals surface area contributed by atoms with Crippen LogP contribution < -0.4 is 10.1 Å². The van der Waals surface area contributed by atoms with E-state index in [1.165, 1.54) is 7.11 Å². The van der Waals surface area contributed by atoms with Gasteiger partial charge in [-0.15, -0.1) is 0 Å². The number of esters is 1. The summed E-state index contributed by atoms with van der Waals surface area (Å²) < 4.78 is 10.8. The number of amidine groups is 1. The van der Waals surface area contributed by atoms with E-state index in [0.29, 0.717) is 45.4 Å². The predicted octanol–water partition coefficient (Wildman–Crippen LogP) is 3.73. The molecule has 1 atom stereocenters. The number of hydrogen-bond acceptors (Lipinski definition) is 7. The van der Waals surface area contributed by atoms with Crippen LogP contribution in [0, 0.1) is 5.92 Å². The molecular formula is C32H40N4O5. The van der Waals surface area contributed by atoms with Crippen molar-refractivity contribution in [3.8, 4) is 5.75 Å². The van der Waals surface area contributed by atoms with Gasteiger partial charge in [-0.25, -0.2) is 9.79 Å². The van der Waals surface area contributed by atoms with Crippen molar-refractivity contribution in [3.63, 3.8) is 0 Å². The lowest BCUT2D eigenvalue weighted by molar-refractivity contribution is -0.145. The molecule has 2 aromatic rings. The van der Waals surface area contributed by atoms with E-state index in [4.69, 9.17) is 9.47 Å². The van der Waals surface area contributed by atoms with Crippen LogP contribution in [0.5, 0.6) is 5.75 Å². The number of benzene rings is 2. The smallest absolute Gasteiger partial charge is 0.328 e. The highest BCUT2D eigenvalue weighted by molar-refractivity contribution is 5.88. The van der Waals surface area contributed by atoms with E-state index < -0.39 is 12.0 Å². The van der Waals surface area contributed by atoms with Crippen molar-refractivity contribution in [1.29, 1.82) is 0 Å². The molecule has 0 aromatic heterocycles. The molecule has 9 heteroatoms. The largest absolute Gasteiger partial charge is 0.489 e. The van der Waals surface area contributed by atoms with Gasteiger partial charge in [0, 0.05) is 58.6 Å². The van der Waals surface area contributed by atoms with Crippen LogP contribution >= 0.6 is 0 Å². The molecule has 0 saturated carbocycles. The summed E-state index contributed by atoms with van der Waals surface area (Å²) in [6.07, 6.45) is 6.99. The van der Waals surface area contributed by atoms with Crippen LogP contribution in [0.25, 0.3) is 0 Å². The number of ether oxygens (including phenoxy) is 2. The first-order chi connectivity index (χ1) is 19.9. The molecule has 41 heavy (non-hydrogen) atoms. The van der Waals surface area contributed by atoms with Crippen molar-refractivity contribution in [2.24, 2.45) is 10.9 Å². The number of carbonyl (C=O) groups excluding carboxylic acids is 3. The van der Waals surface area contributed by atoms with E-state index >= 15 is 0 Å². The SMILES string of the molecule is COC(=O)C(Cc1ccc(OCc2ccccc2)cc1)NC(=O)CC1CCN(C(=O)CCC2=NC=CCN2C)CC1. The molecule has 1 fully saturated rings. The number of methoxy groups -OCH3 is 1. The maximum absolute atomic E-state index is 12.9. The summed E-state index contributed by atoms with van der Waals surface area (Å²) in [5.74, 6) is 1.29. The van der Waals surface area contributed by atoms with Crippen LogP contribution in [0.2, 0.25) is 0 Å². The number of hydrogen-bond donors (Lipinski definition) is 1. The zero-order valence-electron chi connectivity index (χ0n) is 24.0. The van der Waals surface area contributed by atoms with Gasteiger partial charge in [0.25, 0.3) is 0 Å². The van der Waals surface area contributed by atoms with Gasteiger partial charge in [-0.2, -0.15) is 0 Å². The van der Waals surface area contributed by atoms with Crippen molar-refractivity contribution in [1.82, 2.24) is 15.1 Å². The number of nitrogens with one attached hydrogen (secondary N) is 1. The zero-order valence-corrected chi connectivity index (χ0v) is 24.0. The molecule has 9 nitrogen and oxygen atoms in total. The Morgan fingerprint density at radius 3 is 2.44 bits per heavy atom. The third kappa shape index (κ3) is 9.20. The van der Waals surface area contributed by atoms with Crippen molar-refractivity contribution in [2.45, 2.75) is 51.2 Å². The highest BCUT2D eigenvalue weighted by atomic mass is 16.5. The average molecular weight is 561 g/mol. The predicted molar refractivity (Wildman–Crippen MR) is 157 cm³/mol. The number of rotatable bonds is 12. The van der Waals surface area contributed by atoms with Gasteiger partial charge in [-0.3, -0.25) is 9.59 Å². The van der Waals surface area contributed by atoms with Crippen molar-refractivity contribution in [3.05, 3.63) is 78.0 Å². The molecule has 1 unspecified atom stereocenters. The van der Waals surface area contributed by atoms with E-state index in [-0.39, 0.29) is 17.7 Å². The standard InChI is InChI=1S/C32H40N4O5/c1-35-18-6-17-33-29(35)13-14-31(38)36-19-15-25(16-20-36)22-30(37)34-28(32(39)40-2)21-24-9-11-27(12-10-24)41-23-26-7-4-3-5-8-26/h3-12,17,25,28H,13-16,18-23H2,1-2H3,(H,34,37). The van der Waals surface area contributed by atoms with E-state index in [1.54, 1.807) is 6.20 Å². The summed E-state index contributed by atoms with van der Waals surface area (Å²) in [7, 11) is 3.30. The Morgan fingerprint density at radius 2 is 1.76 bits per heavy atom. The number of amides is 2. The molecule has 2 aliphatic rings. The van der Waals surface area contributed by atoms with E-state index in [1.807, 2.05) is 72.6 Å². The maximum Gasteiger partial charge on any atom is 0.328 e. The summed E-state index contributed by atoms with van der Waals surface area (Å²) in [4.78, 5) is 46.4. The Balaban J connectivity index is 1.20. The fraction of sp³-hybridized carbons (Fsp3) is 0.438. The summed E-state index contributed by atoms with van der Waals surface area (Å²) in [6, 6.07) is 16.7. The summed E-state index contributed by atoms with van der Waals surface area (Å²) in [6.45, 7) is 2.56. The second-order valence-electron chi connectivity index (χ2n) is 10.6. The maximum atomic E-state index is 12.9. The van der Waals surface area contributed by atoms with Crippen LogP contribution in [-0.2, 0) is 32.1 Å². The van der Waals surface area contributed by atoms with Crippen LogP contribution in [0.15, 0.2) is 71.9 Å². The van der Waals surface area contributed by atoms with Crippen molar-refractivity contribution < 1.29 is 23.9 Å². The minimum atomic E-state index is -0.777. The molecule has 0 aliphatic carbocycles. The first kappa shape index (κ1) is 29.8. The molecule has 1 saturated heterocycles. The molecule has 0 radical (unpaired) electrons. The number of nitrogens with zero attached hydrogens (tertiary/aromatic N) is 3. The molecule has 218 valence electrons. The Kier molecular flexibility index (Phi) is 10.9. The van der Waals surface area contributed by atoms with E-state index in [0.717, 1.165) is 42.1 Å². The Hall–Kier alpha value is -4.14. The summed E-state index contributed by atoms with van der Waals surface area (Å²) >= 11 is 0. The molecular weight excluding hydrogens is 520 g/mol.